The summed E-state index contributed by atoms with van der Waals surface area (Å²) in [5.74, 6) is 0.474. The summed E-state index contributed by atoms with van der Waals surface area (Å²) >= 11 is 1.62. The van der Waals surface area contributed by atoms with Crippen LogP contribution in [0.1, 0.15) is 23.5 Å². The highest BCUT2D eigenvalue weighted by atomic mass is 32.1. The number of likely N-dealkylation sites (tertiary alicyclic amines) is 1. The quantitative estimate of drug-likeness (QED) is 0.369. The number of rotatable bonds is 6. The van der Waals surface area contributed by atoms with Crippen molar-refractivity contribution in [2.75, 3.05) is 26.2 Å². The van der Waals surface area contributed by atoms with Crippen molar-refractivity contribution in [1.82, 2.24) is 9.88 Å². The zero-order valence-electron chi connectivity index (χ0n) is 12.3. The van der Waals surface area contributed by atoms with E-state index in [4.69, 9.17) is 15.3 Å². The first-order valence-corrected chi connectivity index (χ1v) is 8.30. The number of aryl methyl sites for hydroxylation is 1. The predicted molar refractivity (Wildman–Crippen MR) is 82.5 cm³/mol. The van der Waals surface area contributed by atoms with Crippen LogP contribution in [0.5, 0.6) is 0 Å². The molecule has 2 unspecified atom stereocenters. The van der Waals surface area contributed by atoms with Crippen molar-refractivity contribution in [3.63, 3.8) is 0 Å². The molecule has 2 saturated heterocycles. The van der Waals surface area contributed by atoms with E-state index in [1.54, 1.807) is 11.3 Å². The Labute approximate surface area is 128 Å². The number of hydrogen-bond donors (Lipinski definition) is 1. The lowest BCUT2D eigenvalue weighted by molar-refractivity contribution is -0.0451. The first-order chi connectivity index (χ1) is 10.2. The van der Waals surface area contributed by atoms with Gasteiger partial charge in [-0.1, -0.05) is 5.16 Å². The third-order valence-corrected chi connectivity index (χ3v) is 4.65. The largest absolute Gasteiger partial charge is 0.393 e. The summed E-state index contributed by atoms with van der Waals surface area (Å²) in [4.78, 5) is 12.1. The molecule has 0 spiro atoms. The molecule has 7 heteroatoms. The van der Waals surface area contributed by atoms with Gasteiger partial charge in [0.25, 0.3) is 0 Å². The van der Waals surface area contributed by atoms with Crippen LogP contribution in [-0.4, -0.2) is 54.2 Å². The Balaban J connectivity index is 1.36. The Bertz CT molecular complexity index is 493. The molecule has 1 aromatic heterocycles. The zero-order valence-corrected chi connectivity index (χ0v) is 13.1. The van der Waals surface area contributed by atoms with Gasteiger partial charge in [-0.15, -0.1) is 11.3 Å². The Kier molecular flexibility index (Phi) is 4.72. The number of nitrogens with two attached hydrogens (primary N) is 1. The summed E-state index contributed by atoms with van der Waals surface area (Å²) in [6.07, 6.45) is 3.78. The molecule has 0 amide bonds. The average Bonchev–Trinajstić information content (AvgIpc) is 3.01. The molecule has 116 valence electrons. The van der Waals surface area contributed by atoms with Gasteiger partial charge in [-0.25, -0.2) is 4.98 Å². The van der Waals surface area contributed by atoms with Crippen molar-refractivity contribution in [2.45, 2.75) is 38.4 Å². The number of thiazole rings is 1. The number of hydrogen-bond acceptors (Lipinski definition) is 6. The molecule has 3 heterocycles. The lowest BCUT2D eigenvalue weighted by Gasteiger charge is -2.31. The molecule has 2 N–H and O–H groups in total. The summed E-state index contributed by atoms with van der Waals surface area (Å²) in [5, 5.41) is 7.01. The SMILES string of the molecule is Cc1nc(CC(N)=NOCCN2CC3CCC(C2)O3)cs1. The molecule has 0 aliphatic carbocycles. The van der Waals surface area contributed by atoms with Crippen molar-refractivity contribution in [2.24, 2.45) is 10.9 Å². The summed E-state index contributed by atoms with van der Waals surface area (Å²) in [6, 6.07) is 0. The molecule has 6 nitrogen and oxygen atoms in total. The normalized spacial score (nSPS) is 26.2. The van der Waals surface area contributed by atoms with Gasteiger partial charge in [0.2, 0.25) is 0 Å². The molecule has 0 saturated carbocycles. The van der Waals surface area contributed by atoms with Crippen LogP contribution in [0.3, 0.4) is 0 Å². The lowest BCUT2D eigenvalue weighted by atomic mass is 10.2. The molecule has 2 aliphatic rings. The molecule has 2 fully saturated rings. The van der Waals surface area contributed by atoms with E-state index in [1.807, 2.05) is 12.3 Å². The van der Waals surface area contributed by atoms with Crippen LogP contribution < -0.4 is 5.73 Å². The molecule has 0 radical (unpaired) electrons. The van der Waals surface area contributed by atoms with Gasteiger partial charge in [0.05, 0.1) is 29.3 Å². The monoisotopic (exact) mass is 310 g/mol. The fourth-order valence-electron chi connectivity index (χ4n) is 2.89. The summed E-state index contributed by atoms with van der Waals surface area (Å²) in [6.45, 7) is 5.45. The van der Waals surface area contributed by atoms with E-state index in [0.717, 1.165) is 30.3 Å². The van der Waals surface area contributed by atoms with Crippen LogP contribution in [0.15, 0.2) is 10.5 Å². The molecule has 3 rings (SSSR count). The number of ether oxygens (including phenoxy) is 1. The van der Waals surface area contributed by atoms with Gasteiger partial charge in [0.1, 0.15) is 12.4 Å². The highest BCUT2D eigenvalue weighted by molar-refractivity contribution is 7.09. The number of morpholine rings is 1. The van der Waals surface area contributed by atoms with Crippen LogP contribution in [0.4, 0.5) is 0 Å². The van der Waals surface area contributed by atoms with Gasteiger partial charge in [0.15, 0.2) is 0 Å². The van der Waals surface area contributed by atoms with E-state index in [1.165, 1.54) is 12.8 Å². The van der Waals surface area contributed by atoms with Crippen LogP contribution in [0.2, 0.25) is 0 Å². The Morgan fingerprint density at radius 1 is 1.52 bits per heavy atom. The maximum atomic E-state index is 5.84. The minimum Gasteiger partial charge on any atom is -0.393 e. The van der Waals surface area contributed by atoms with Gasteiger partial charge >= 0.3 is 0 Å². The van der Waals surface area contributed by atoms with Gasteiger partial charge in [-0.3, -0.25) is 4.90 Å². The van der Waals surface area contributed by atoms with Gasteiger partial charge in [-0.05, 0) is 19.8 Å². The lowest BCUT2D eigenvalue weighted by Crippen LogP contribution is -2.43. The minimum atomic E-state index is 0.422. The number of nitrogens with zero attached hydrogens (tertiary/aromatic N) is 3. The second-order valence-corrected chi connectivity index (χ2v) is 6.73. The van der Waals surface area contributed by atoms with Crippen molar-refractivity contribution in [1.29, 1.82) is 0 Å². The maximum Gasteiger partial charge on any atom is 0.145 e. The predicted octanol–water partition coefficient (Wildman–Crippen LogP) is 1.15. The number of oxime groups is 1. The van der Waals surface area contributed by atoms with Crippen molar-refractivity contribution in [3.8, 4) is 0 Å². The van der Waals surface area contributed by atoms with Gasteiger partial charge in [0, 0.05) is 25.0 Å². The standard InChI is InChI=1S/C14H22N4O2S/c1-10-16-11(9-21-10)6-14(15)17-19-5-4-18-7-12-2-3-13(8-18)20-12/h9,12-13H,2-8H2,1H3,(H2,15,17). The summed E-state index contributed by atoms with van der Waals surface area (Å²) in [5.41, 5.74) is 6.80. The third kappa shape index (κ3) is 4.15. The smallest absolute Gasteiger partial charge is 0.145 e. The zero-order chi connectivity index (χ0) is 14.7. The molecular formula is C14H22N4O2S. The second-order valence-electron chi connectivity index (χ2n) is 5.67. The third-order valence-electron chi connectivity index (χ3n) is 3.83. The Hall–Kier alpha value is -1.18. The molecular weight excluding hydrogens is 288 g/mol. The van der Waals surface area contributed by atoms with E-state index in [0.29, 0.717) is 31.1 Å². The van der Waals surface area contributed by atoms with Crippen molar-refractivity contribution >= 4 is 17.2 Å². The highest BCUT2D eigenvalue weighted by Gasteiger charge is 2.33. The molecule has 1 aromatic rings. The first-order valence-electron chi connectivity index (χ1n) is 7.42. The number of amidine groups is 1. The Morgan fingerprint density at radius 3 is 2.95 bits per heavy atom. The van der Waals surface area contributed by atoms with Crippen LogP contribution in [0.25, 0.3) is 0 Å². The van der Waals surface area contributed by atoms with Gasteiger partial charge < -0.3 is 15.3 Å². The Morgan fingerprint density at radius 2 is 2.29 bits per heavy atom. The summed E-state index contributed by atoms with van der Waals surface area (Å²) < 4.78 is 5.80. The van der Waals surface area contributed by atoms with Crippen molar-refractivity contribution in [3.05, 3.63) is 16.1 Å². The van der Waals surface area contributed by atoms with Crippen LogP contribution >= 0.6 is 11.3 Å². The van der Waals surface area contributed by atoms with E-state index >= 15 is 0 Å². The molecule has 21 heavy (non-hydrogen) atoms. The highest BCUT2D eigenvalue weighted by Crippen LogP contribution is 2.25. The van der Waals surface area contributed by atoms with Crippen LogP contribution in [-0.2, 0) is 16.0 Å². The van der Waals surface area contributed by atoms with Gasteiger partial charge in [-0.2, -0.15) is 0 Å². The second kappa shape index (κ2) is 6.72. The van der Waals surface area contributed by atoms with E-state index in [-0.39, 0.29) is 0 Å². The molecule has 2 bridgehead atoms. The number of fused-ring (bicyclic) bond motifs is 2. The topological polar surface area (TPSA) is 73.0 Å². The molecule has 0 aromatic carbocycles. The fraction of sp³-hybridized carbons (Fsp3) is 0.714. The first kappa shape index (κ1) is 14.7. The van der Waals surface area contributed by atoms with Crippen LogP contribution in [0, 0.1) is 6.92 Å². The molecule has 2 aliphatic heterocycles. The maximum absolute atomic E-state index is 5.84. The average molecular weight is 310 g/mol. The van der Waals surface area contributed by atoms with Crippen molar-refractivity contribution < 1.29 is 9.57 Å². The minimum absolute atomic E-state index is 0.422. The van der Waals surface area contributed by atoms with E-state index in [2.05, 4.69) is 15.0 Å². The fourth-order valence-corrected chi connectivity index (χ4v) is 3.50. The van der Waals surface area contributed by atoms with E-state index < -0.39 is 0 Å². The molecule has 2 atom stereocenters. The summed E-state index contributed by atoms with van der Waals surface area (Å²) in [7, 11) is 0. The number of aromatic nitrogens is 1. The van der Waals surface area contributed by atoms with E-state index in [9.17, 15) is 0 Å².